The van der Waals surface area contributed by atoms with Crippen LogP contribution in [0.3, 0.4) is 0 Å². The number of nitrogens with one attached hydrogen (secondary N) is 1. The van der Waals surface area contributed by atoms with Crippen molar-refractivity contribution in [2.75, 3.05) is 6.61 Å². The second kappa shape index (κ2) is 6.37. The van der Waals surface area contributed by atoms with Gasteiger partial charge in [-0.05, 0) is 33.1 Å². The van der Waals surface area contributed by atoms with Crippen LogP contribution < -0.4 is 5.32 Å². The molecule has 1 fully saturated rings. The fourth-order valence-electron chi connectivity index (χ4n) is 2.51. The smallest absolute Gasteiger partial charge is 0.408 e. The number of aliphatic hydroxyl groups excluding tert-OH is 1. The van der Waals surface area contributed by atoms with E-state index in [1.54, 1.807) is 20.8 Å². The van der Waals surface area contributed by atoms with Crippen LogP contribution in [0.25, 0.3) is 0 Å². The van der Waals surface area contributed by atoms with Crippen LogP contribution >= 0.6 is 0 Å². The third-order valence-electron chi connectivity index (χ3n) is 3.39. The summed E-state index contributed by atoms with van der Waals surface area (Å²) in [5.74, 6) is 0.382. The molecule has 0 unspecified atom stereocenters. The molecule has 0 heterocycles. The molecule has 1 atom stereocenters. The van der Waals surface area contributed by atoms with E-state index in [2.05, 4.69) is 5.32 Å². The Labute approximate surface area is 114 Å². The quantitative estimate of drug-likeness (QED) is 0.750. The van der Waals surface area contributed by atoms with Crippen LogP contribution in [0.5, 0.6) is 0 Å². The number of carbonyl (C=O) groups is 2. The van der Waals surface area contributed by atoms with Gasteiger partial charge in [0.25, 0.3) is 0 Å². The van der Waals surface area contributed by atoms with Crippen LogP contribution in [0.1, 0.15) is 52.9 Å². The van der Waals surface area contributed by atoms with Crippen molar-refractivity contribution < 1.29 is 19.4 Å². The fourth-order valence-corrected chi connectivity index (χ4v) is 2.51. The summed E-state index contributed by atoms with van der Waals surface area (Å²) in [6.45, 7) is 4.87. The summed E-state index contributed by atoms with van der Waals surface area (Å²) in [5.41, 5.74) is -1.83. The van der Waals surface area contributed by atoms with Crippen molar-refractivity contribution in [1.29, 1.82) is 0 Å². The molecule has 19 heavy (non-hydrogen) atoms. The molecule has 5 nitrogen and oxygen atoms in total. The highest BCUT2D eigenvalue weighted by Crippen LogP contribution is 2.31. The van der Waals surface area contributed by atoms with E-state index in [0.717, 1.165) is 25.7 Å². The molecule has 1 rings (SSSR count). The summed E-state index contributed by atoms with van der Waals surface area (Å²) in [6, 6.07) is 0. The SMILES string of the molecule is CC(C)(C)OC(=O)N[C@](C=O)(CO)CC1CCCC1. The van der Waals surface area contributed by atoms with Crippen LogP contribution in [-0.4, -0.2) is 35.2 Å². The lowest BCUT2D eigenvalue weighted by Crippen LogP contribution is -2.54. The minimum atomic E-state index is -1.21. The Bertz CT molecular complexity index is 318. The van der Waals surface area contributed by atoms with Gasteiger partial charge in [0.2, 0.25) is 0 Å². The van der Waals surface area contributed by atoms with Crippen LogP contribution in [0.4, 0.5) is 4.79 Å². The van der Waals surface area contributed by atoms with Crippen LogP contribution in [-0.2, 0) is 9.53 Å². The predicted molar refractivity (Wildman–Crippen MR) is 71.8 cm³/mol. The maximum Gasteiger partial charge on any atom is 0.408 e. The Morgan fingerprint density at radius 2 is 1.95 bits per heavy atom. The van der Waals surface area contributed by atoms with Crippen molar-refractivity contribution in [3.8, 4) is 0 Å². The molecule has 0 aromatic carbocycles. The van der Waals surface area contributed by atoms with Crippen LogP contribution in [0.2, 0.25) is 0 Å². The van der Waals surface area contributed by atoms with Gasteiger partial charge < -0.3 is 20.0 Å². The largest absolute Gasteiger partial charge is 0.444 e. The summed E-state index contributed by atoms with van der Waals surface area (Å²) in [5, 5.41) is 12.0. The zero-order valence-electron chi connectivity index (χ0n) is 12.1. The normalized spacial score (nSPS) is 19.8. The van der Waals surface area contributed by atoms with Gasteiger partial charge in [-0.2, -0.15) is 0 Å². The Kier molecular flexibility index (Phi) is 5.35. The molecule has 110 valence electrons. The molecule has 5 heteroatoms. The van der Waals surface area contributed by atoms with Gasteiger partial charge in [-0.15, -0.1) is 0 Å². The molecule has 0 saturated heterocycles. The first-order chi connectivity index (χ1) is 8.80. The van der Waals surface area contributed by atoms with Crippen molar-refractivity contribution >= 4 is 12.4 Å². The molecule has 0 aromatic rings. The average molecular weight is 271 g/mol. The fraction of sp³-hybridized carbons (Fsp3) is 0.857. The second-order valence-electron chi connectivity index (χ2n) is 6.41. The number of aliphatic hydroxyl groups is 1. The lowest BCUT2D eigenvalue weighted by Gasteiger charge is -2.31. The van der Waals surface area contributed by atoms with E-state index in [1.165, 1.54) is 0 Å². The molecule has 1 amide bonds. The zero-order chi connectivity index (χ0) is 14.5. The highest BCUT2D eigenvalue weighted by molar-refractivity contribution is 5.76. The molecular formula is C14H25NO4. The molecule has 1 aliphatic rings. The standard InChI is InChI=1S/C14H25NO4/c1-13(2,3)19-12(18)15-14(9-16,10-17)8-11-6-4-5-7-11/h9,11,17H,4-8,10H2,1-3H3,(H,15,18)/t14-/m1/s1. The zero-order valence-corrected chi connectivity index (χ0v) is 12.1. The van der Waals surface area contributed by atoms with Crippen molar-refractivity contribution in [2.24, 2.45) is 5.92 Å². The minimum absolute atomic E-state index is 0.382. The van der Waals surface area contributed by atoms with Crippen LogP contribution in [0.15, 0.2) is 0 Å². The molecule has 0 radical (unpaired) electrons. The predicted octanol–water partition coefficient (Wildman–Crippen LogP) is 2.02. The maximum atomic E-state index is 11.8. The summed E-state index contributed by atoms with van der Waals surface area (Å²) < 4.78 is 5.14. The molecule has 0 aromatic heterocycles. The lowest BCUT2D eigenvalue weighted by molar-refractivity contribution is -0.115. The molecule has 0 bridgehead atoms. The van der Waals surface area contributed by atoms with Crippen LogP contribution in [0, 0.1) is 5.92 Å². The van der Waals surface area contributed by atoms with Gasteiger partial charge in [-0.3, -0.25) is 0 Å². The number of aldehydes is 1. The van der Waals surface area contributed by atoms with E-state index in [1.807, 2.05) is 0 Å². The van der Waals surface area contributed by atoms with Gasteiger partial charge in [0, 0.05) is 0 Å². The van der Waals surface area contributed by atoms with Gasteiger partial charge >= 0.3 is 6.09 Å². The monoisotopic (exact) mass is 271 g/mol. The molecule has 2 N–H and O–H groups in total. The van der Waals surface area contributed by atoms with E-state index in [9.17, 15) is 14.7 Å². The molecule has 0 aliphatic heterocycles. The number of rotatable bonds is 5. The van der Waals surface area contributed by atoms with E-state index < -0.39 is 23.8 Å². The highest BCUT2D eigenvalue weighted by atomic mass is 16.6. The third kappa shape index (κ3) is 5.19. The number of carbonyl (C=O) groups excluding carboxylic acids is 2. The van der Waals surface area contributed by atoms with Crippen molar-refractivity contribution in [2.45, 2.75) is 64.0 Å². The Hall–Kier alpha value is -1.10. The second-order valence-corrected chi connectivity index (χ2v) is 6.41. The number of hydrogen-bond acceptors (Lipinski definition) is 4. The van der Waals surface area contributed by atoms with E-state index in [4.69, 9.17) is 4.74 Å². The van der Waals surface area contributed by atoms with Gasteiger partial charge in [0.15, 0.2) is 0 Å². The first kappa shape index (κ1) is 16.0. The van der Waals surface area contributed by atoms with Gasteiger partial charge in [-0.1, -0.05) is 25.7 Å². The van der Waals surface area contributed by atoms with Gasteiger partial charge in [-0.25, -0.2) is 4.79 Å². The van der Waals surface area contributed by atoms with E-state index >= 15 is 0 Å². The Morgan fingerprint density at radius 1 is 1.37 bits per heavy atom. The number of amides is 1. The molecular weight excluding hydrogens is 246 g/mol. The lowest BCUT2D eigenvalue weighted by atomic mass is 9.88. The summed E-state index contributed by atoms with van der Waals surface area (Å²) in [4.78, 5) is 23.1. The average Bonchev–Trinajstić information content (AvgIpc) is 2.78. The number of ether oxygens (including phenoxy) is 1. The third-order valence-corrected chi connectivity index (χ3v) is 3.39. The topological polar surface area (TPSA) is 75.6 Å². The Morgan fingerprint density at radius 3 is 2.37 bits per heavy atom. The summed E-state index contributed by atoms with van der Waals surface area (Å²) in [6.07, 6.45) is 4.85. The van der Waals surface area contributed by atoms with E-state index in [0.29, 0.717) is 18.6 Å². The maximum absolute atomic E-state index is 11.8. The highest BCUT2D eigenvalue weighted by Gasteiger charge is 2.36. The molecule has 1 saturated carbocycles. The number of hydrogen-bond donors (Lipinski definition) is 2. The van der Waals surface area contributed by atoms with Crippen molar-refractivity contribution in [3.63, 3.8) is 0 Å². The van der Waals surface area contributed by atoms with Gasteiger partial charge in [0.1, 0.15) is 17.4 Å². The number of alkyl carbamates (subject to hydrolysis) is 1. The van der Waals surface area contributed by atoms with Crippen molar-refractivity contribution in [1.82, 2.24) is 5.32 Å². The van der Waals surface area contributed by atoms with Crippen molar-refractivity contribution in [3.05, 3.63) is 0 Å². The Balaban J connectivity index is 2.64. The van der Waals surface area contributed by atoms with E-state index in [-0.39, 0.29) is 0 Å². The van der Waals surface area contributed by atoms with Gasteiger partial charge in [0.05, 0.1) is 6.61 Å². The first-order valence-corrected chi connectivity index (χ1v) is 6.88. The summed E-state index contributed by atoms with van der Waals surface area (Å²) in [7, 11) is 0. The first-order valence-electron chi connectivity index (χ1n) is 6.88. The summed E-state index contributed by atoms with van der Waals surface area (Å²) >= 11 is 0. The molecule has 1 aliphatic carbocycles. The molecule has 0 spiro atoms. The minimum Gasteiger partial charge on any atom is -0.444 e.